The Labute approximate surface area is 202 Å². The van der Waals surface area contributed by atoms with Crippen molar-refractivity contribution in [1.29, 1.82) is 0 Å². The summed E-state index contributed by atoms with van der Waals surface area (Å²) in [6, 6.07) is 15.5. The Morgan fingerprint density at radius 3 is 1.09 bits per heavy atom. The van der Waals surface area contributed by atoms with Crippen molar-refractivity contribution in [2.24, 2.45) is 9.98 Å². The molecule has 0 saturated heterocycles. The van der Waals surface area contributed by atoms with E-state index in [1.165, 1.54) is 10.1 Å². The van der Waals surface area contributed by atoms with Crippen LogP contribution >= 0.6 is 0 Å². The summed E-state index contributed by atoms with van der Waals surface area (Å²) >= 11 is 0. The van der Waals surface area contributed by atoms with Crippen molar-refractivity contribution in [3.05, 3.63) is 70.8 Å². The zero-order chi connectivity index (χ0) is 25.1. The molecule has 2 aromatic rings. The lowest BCUT2D eigenvalue weighted by Gasteiger charge is -2.36. The van der Waals surface area contributed by atoms with Crippen LogP contribution in [0.3, 0.4) is 0 Å². The highest BCUT2D eigenvalue weighted by atomic mass is 16.5. The number of hydrogen-bond donors (Lipinski definition) is 2. The summed E-state index contributed by atoms with van der Waals surface area (Å²) in [5, 5.41) is 23.8. The first-order valence-corrected chi connectivity index (χ1v) is 11.6. The molecule has 2 aromatic carbocycles. The number of hydrogen-bond acceptors (Lipinski definition) is 6. The Balaban J connectivity index is 1.51. The molecule has 0 atom stereocenters. The SMILES string of the molecule is CC1(C)N=C(c2ccc(C#Cc3ccc(C4=NC(C)(C)C(C)(C)N4O)cc3)cc2)N(O)C1(C)C. The van der Waals surface area contributed by atoms with E-state index in [1.54, 1.807) is 0 Å². The smallest absolute Gasteiger partial charge is 0.156 e. The second-order valence-electron chi connectivity index (χ2n) is 11.1. The lowest BCUT2D eigenvalue weighted by atomic mass is 9.84. The van der Waals surface area contributed by atoms with Crippen molar-refractivity contribution in [3.63, 3.8) is 0 Å². The predicted molar refractivity (Wildman–Crippen MR) is 136 cm³/mol. The maximum atomic E-state index is 10.6. The van der Waals surface area contributed by atoms with Crippen molar-refractivity contribution >= 4 is 11.7 Å². The lowest BCUT2D eigenvalue weighted by molar-refractivity contribution is -0.0992. The van der Waals surface area contributed by atoms with E-state index in [9.17, 15) is 10.4 Å². The first-order valence-electron chi connectivity index (χ1n) is 11.6. The third-order valence-corrected chi connectivity index (χ3v) is 7.86. The van der Waals surface area contributed by atoms with Crippen LogP contribution in [0.4, 0.5) is 0 Å². The third kappa shape index (κ3) is 3.70. The van der Waals surface area contributed by atoms with E-state index in [1.807, 2.05) is 104 Å². The molecule has 178 valence electrons. The molecule has 0 spiro atoms. The quantitative estimate of drug-likeness (QED) is 0.614. The molecule has 2 aliphatic rings. The van der Waals surface area contributed by atoms with E-state index in [0.717, 1.165) is 22.3 Å². The number of hydroxylamine groups is 4. The molecular weight excluding hydrogens is 424 g/mol. The van der Waals surface area contributed by atoms with E-state index in [0.29, 0.717) is 11.7 Å². The number of rotatable bonds is 2. The third-order valence-electron chi connectivity index (χ3n) is 7.86. The van der Waals surface area contributed by atoms with Gasteiger partial charge in [0.05, 0.1) is 22.2 Å². The highest BCUT2D eigenvalue weighted by Crippen LogP contribution is 2.38. The number of benzene rings is 2. The van der Waals surface area contributed by atoms with Gasteiger partial charge >= 0.3 is 0 Å². The summed E-state index contributed by atoms with van der Waals surface area (Å²) in [7, 11) is 0. The predicted octanol–water partition coefficient (Wildman–Crippen LogP) is 5.10. The highest BCUT2D eigenvalue weighted by molar-refractivity contribution is 6.01. The van der Waals surface area contributed by atoms with Crippen LogP contribution in [0.15, 0.2) is 58.5 Å². The summed E-state index contributed by atoms with van der Waals surface area (Å²) in [4.78, 5) is 9.47. The fraction of sp³-hybridized carbons (Fsp3) is 0.429. The molecule has 2 heterocycles. The van der Waals surface area contributed by atoms with E-state index in [4.69, 9.17) is 9.98 Å². The number of aliphatic imine (C=N–C) groups is 2. The Hall–Kier alpha value is -3.14. The molecule has 2 N–H and O–H groups in total. The van der Waals surface area contributed by atoms with Crippen LogP contribution < -0.4 is 0 Å². The summed E-state index contributed by atoms with van der Waals surface area (Å²) in [5.74, 6) is 7.53. The average molecular weight is 459 g/mol. The van der Waals surface area contributed by atoms with Crippen LogP contribution in [0.25, 0.3) is 0 Å². The van der Waals surface area contributed by atoms with E-state index < -0.39 is 22.2 Å². The van der Waals surface area contributed by atoms with Gasteiger partial charge in [0.15, 0.2) is 11.7 Å². The van der Waals surface area contributed by atoms with Gasteiger partial charge in [-0.05, 0) is 104 Å². The van der Waals surface area contributed by atoms with E-state index >= 15 is 0 Å². The van der Waals surface area contributed by atoms with Crippen molar-refractivity contribution < 1.29 is 10.4 Å². The molecule has 0 fully saturated rings. The molecule has 0 bridgehead atoms. The molecule has 34 heavy (non-hydrogen) atoms. The first kappa shape index (κ1) is 24.0. The maximum Gasteiger partial charge on any atom is 0.156 e. The van der Waals surface area contributed by atoms with Crippen molar-refractivity contribution in [3.8, 4) is 11.8 Å². The Kier molecular flexibility index (Phi) is 5.43. The minimum atomic E-state index is -0.490. The Bertz CT molecular complexity index is 1130. The van der Waals surface area contributed by atoms with Gasteiger partial charge in [0.1, 0.15) is 0 Å². The topological polar surface area (TPSA) is 71.7 Å². The van der Waals surface area contributed by atoms with Gasteiger partial charge in [0.2, 0.25) is 0 Å². The van der Waals surface area contributed by atoms with Gasteiger partial charge in [-0.25, -0.2) is 10.1 Å². The van der Waals surface area contributed by atoms with Gasteiger partial charge in [-0.2, -0.15) is 0 Å². The highest BCUT2D eigenvalue weighted by Gasteiger charge is 2.50. The van der Waals surface area contributed by atoms with Gasteiger partial charge in [-0.1, -0.05) is 11.8 Å². The van der Waals surface area contributed by atoms with Gasteiger partial charge < -0.3 is 0 Å². The van der Waals surface area contributed by atoms with Crippen LogP contribution in [-0.2, 0) is 0 Å². The van der Waals surface area contributed by atoms with Crippen LogP contribution in [-0.4, -0.2) is 54.4 Å². The molecule has 0 aliphatic carbocycles. The zero-order valence-corrected chi connectivity index (χ0v) is 21.3. The normalized spacial score (nSPS) is 21.6. The van der Waals surface area contributed by atoms with Crippen molar-refractivity contribution in [1.82, 2.24) is 10.1 Å². The van der Waals surface area contributed by atoms with Crippen LogP contribution in [0.1, 0.15) is 77.6 Å². The molecule has 0 unspecified atom stereocenters. The molecule has 4 rings (SSSR count). The largest absolute Gasteiger partial charge is 0.286 e. The number of nitrogens with zero attached hydrogens (tertiary/aromatic N) is 4. The molecule has 0 aromatic heterocycles. The summed E-state index contributed by atoms with van der Waals surface area (Å²) in [6.45, 7) is 16.0. The summed E-state index contributed by atoms with van der Waals surface area (Å²) in [6.07, 6.45) is 0. The monoisotopic (exact) mass is 458 g/mol. The van der Waals surface area contributed by atoms with Crippen molar-refractivity contribution in [2.75, 3.05) is 0 Å². The standard InChI is InChI=1S/C28H34N4O2/c1-25(2)27(5,6)31(33)23(29-25)21-15-11-19(12-16-21)9-10-20-13-17-22(18-14-20)24-30-26(3,4)28(7,8)32(24)34/h11-18,33-34H,1-8H3. The molecule has 0 radical (unpaired) electrons. The second kappa shape index (κ2) is 7.69. The zero-order valence-electron chi connectivity index (χ0n) is 21.3. The van der Waals surface area contributed by atoms with Gasteiger partial charge in [-0.3, -0.25) is 20.4 Å². The molecule has 0 amide bonds. The van der Waals surface area contributed by atoms with Gasteiger partial charge in [0, 0.05) is 22.3 Å². The summed E-state index contributed by atoms with van der Waals surface area (Å²) in [5.41, 5.74) is 1.68. The molecular formula is C28H34N4O2. The minimum absolute atomic E-state index is 0.398. The maximum absolute atomic E-state index is 10.6. The van der Waals surface area contributed by atoms with E-state index in [-0.39, 0.29) is 0 Å². The molecule has 0 saturated carbocycles. The van der Waals surface area contributed by atoms with Crippen molar-refractivity contribution in [2.45, 2.75) is 77.5 Å². The average Bonchev–Trinajstić information content (AvgIpc) is 3.05. The Morgan fingerprint density at radius 1 is 0.559 bits per heavy atom. The van der Waals surface area contributed by atoms with Gasteiger partial charge in [0.25, 0.3) is 0 Å². The lowest BCUT2D eigenvalue weighted by Crippen LogP contribution is -2.51. The van der Waals surface area contributed by atoms with Crippen LogP contribution in [0.2, 0.25) is 0 Å². The second-order valence-corrected chi connectivity index (χ2v) is 11.1. The summed E-state index contributed by atoms with van der Waals surface area (Å²) < 4.78 is 0. The number of amidine groups is 2. The minimum Gasteiger partial charge on any atom is -0.286 e. The Morgan fingerprint density at radius 2 is 0.853 bits per heavy atom. The van der Waals surface area contributed by atoms with E-state index in [2.05, 4.69) is 11.8 Å². The molecule has 2 aliphatic heterocycles. The fourth-order valence-electron chi connectivity index (χ4n) is 3.87. The first-order chi connectivity index (χ1) is 15.7. The molecule has 6 nitrogen and oxygen atoms in total. The fourth-order valence-corrected chi connectivity index (χ4v) is 3.87. The molecule has 6 heteroatoms. The van der Waals surface area contributed by atoms with Gasteiger partial charge in [-0.15, -0.1) is 0 Å². The van der Waals surface area contributed by atoms with Crippen LogP contribution in [0.5, 0.6) is 0 Å². The van der Waals surface area contributed by atoms with Crippen LogP contribution in [0, 0.1) is 11.8 Å².